The van der Waals surface area contributed by atoms with Crippen molar-refractivity contribution in [1.29, 1.82) is 0 Å². The van der Waals surface area contributed by atoms with Crippen LogP contribution in [-0.2, 0) is 15.8 Å². The Bertz CT molecular complexity index is 581. The van der Waals surface area contributed by atoms with Crippen LogP contribution in [0.3, 0.4) is 0 Å². The maximum Gasteiger partial charge on any atom is 0.228 e. The lowest BCUT2D eigenvalue weighted by atomic mass is 10.1. The second kappa shape index (κ2) is 6.62. The number of hydrogen-bond donors (Lipinski definition) is 2. The molecule has 3 N–H and O–H groups in total. The van der Waals surface area contributed by atoms with Gasteiger partial charge >= 0.3 is 0 Å². The molecule has 0 aromatic heterocycles. The third-order valence-electron chi connectivity index (χ3n) is 3.19. The van der Waals surface area contributed by atoms with Crippen LogP contribution in [0.5, 0.6) is 0 Å². The van der Waals surface area contributed by atoms with E-state index in [-0.39, 0.29) is 10.7 Å². The van der Waals surface area contributed by atoms with Crippen molar-refractivity contribution in [3.8, 4) is 0 Å². The molecule has 1 saturated heterocycles. The number of rotatable bonds is 5. The Kier molecular flexibility index (Phi) is 5.09. The standard InChI is InChI=1S/C13H19N3O2S2/c14-13(19)12-6-4-5-11(9-12)10-20(17,18)15-16-7-2-1-3-8-16/h4-6,9,15H,1-3,7-8,10H2,(H2,14,19). The summed E-state index contributed by atoms with van der Waals surface area (Å²) in [5.41, 5.74) is 6.92. The van der Waals surface area contributed by atoms with Gasteiger partial charge in [0.25, 0.3) is 0 Å². The van der Waals surface area contributed by atoms with Crippen LogP contribution < -0.4 is 10.6 Å². The molecule has 7 heteroatoms. The van der Waals surface area contributed by atoms with Gasteiger partial charge in [-0.1, -0.05) is 36.8 Å². The lowest BCUT2D eigenvalue weighted by Crippen LogP contribution is -2.45. The summed E-state index contributed by atoms with van der Waals surface area (Å²) < 4.78 is 24.3. The molecule has 1 aliphatic rings. The van der Waals surface area contributed by atoms with Gasteiger partial charge in [-0.2, -0.15) is 0 Å². The van der Waals surface area contributed by atoms with Gasteiger partial charge in [0.05, 0.1) is 5.75 Å². The molecule has 0 bridgehead atoms. The molecular weight excluding hydrogens is 294 g/mol. The molecule has 1 fully saturated rings. The van der Waals surface area contributed by atoms with Gasteiger partial charge in [-0.25, -0.2) is 13.4 Å². The molecule has 0 spiro atoms. The van der Waals surface area contributed by atoms with Crippen molar-refractivity contribution >= 4 is 27.2 Å². The molecule has 0 amide bonds. The molecule has 0 radical (unpaired) electrons. The summed E-state index contributed by atoms with van der Waals surface area (Å²) in [5, 5.41) is 1.77. The molecule has 0 aliphatic carbocycles. The van der Waals surface area contributed by atoms with Gasteiger partial charge in [-0.05, 0) is 24.5 Å². The van der Waals surface area contributed by atoms with Crippen LogP contribution >= 0.6 is 12.2 Å². The number of nitrogens with zero attached hydrogens (tertiary/aromatic N) is 1. The monoisotopic (exact) mass is 313 g/mol. The van der Waals surface area contributed by atoms with Gasteiger partial charge in [0.2, 0.25) is 10.0 Å². The summed E-state index contributed by atoms with van der Waals surface area (Å²) in [7, 11) is -3.38. The van der Waals surface area contributed by atoms with Gasteiger partial charge in [0, 0.05) is 18.7 Å². The third kappa shape index (κ3) is 4.52. The Balaban J connectivity index is 2.03. The van der Waals surface area contributed by atoms with Gasteiger partial charge in [0.15, 0.2) is 0 Å². The van der Waals surface area contributed by atoms with E-state index in [9.17, 15) is 8.42 Å². The molecule has 20 heavy (non-hydrogen) atoms. The SMILES string of the molecule is NC(=S)c1cccc(CS(=O)(=O)NN2CCCCC2)c1. The summed E-state index contributed by atoms with van der Waals surface area (Å²) in [5.74, 6) is -0.0695. The molecule has 5 nitrogen and oxygen atoms in total. The molecule has 1 heterocycles. The number of hydrazine groups is 1. The smallest absolute Gasteiger partial charge is 0.228 e. The van der Waals surface area contributed by atoms with Crippen LogP contribution in [0.1, 0.15) is 30.4 Å². The third-order valence-corrected chi connectivity index (χ3v) is 4.68. The summed E-state index contributed by atoms with van der Waals surface area (Å²) in [6.07, 6.45) is 3.22. The lowest BCUT2D eigenvalue weighted by molar-refractivity contribution is 0.200. The Labute approximate surface area is 125 Å². The van der Waals surface area contributed by atoms with Crippen molar-refractivity contribution < 1.29 is 8.42 Å². The maximum absolute atomic E-state index is 12.1. The largest absolute Gasteiger partial charge is 0.389 e. The fourth-order valence-corrected chi connectivity index (χ4v) is 3.63. The first-order valence-electron chi connectivity index (χ1n) is 6.60. The van der Waals surface area contributed by atoms with E-state index < -0.39 is 10.0 Å². The van der Waals surface area contributed by atoms with E-state index >= 15 is 0 Å². The Morgan fingerprint density at radius 3 is 2.65 bits per heavy atom. The minimum absolute atomic E-state index is 0.0695. The van der Waals surface area contributed by atoms with Gasteiger partial charge in [-0.15, -0.1) is 4.83 Å². The van der Waals surface area contributed by atoms with Crippen LogP contribution in [-0.4, -0.2) is 31.5 Å². The average Bonchev–Trinajstić information content (AvgIpc) is 2.39. The topological polar surface area (TPSA) is 75.4 Å². The maximum atomic E-state index is 12.1. The average molecular weight is 313 g/mol. The number of sulfonamides is 1. The van der Waals surface area contributed by atoms with Crippen molar-refractivity contribution in [2.75, 3.05) is 13.1 Å². The summed E-state index contributed by atoms with van der Waals surface area (Å²) in [6, 6.07) is 7.02. The second-order valence-corrected chi connectivity index (χ2v) is 7.10. The fraction of sp³-hybridized carbons (Fsp3) is 0.462. The predicted octanol–water partition coefficient (Wildman–Crippen LogP) is 1.14. The molecule has 110 valence electrons. The summed E-state index contributed by atoms with van der Waals surface area (Å²) >= 11 is 4.90. The Hall–Kier alpha value is -1.02. The first-order valence-corrected chi connectivity index (χ1v) is 8.66. The summed E-state index contributed by atoms with van der Waals surface area (Å²) in [6.45, 7) is 1.54. The van der Waals surface area contributed by atoms with E-state index in [0.717, 1.165) is 32.4 Å². The zero-order chi connectivity index (χ0) is 14.6. The first-order chi connectivity index (χ1) is 9.46. The van der Waals surface area contributed by atoms with Crippen LogP contribution in [0.4, 0.5) is 0 Å². The molecular formula is C13H19N3O2S2. The normalized spacial score (nSPS) is 17.0. The zero-order valence-electron chi connectivity index (χ0n) is 11.2. The Morgan fingerprint density at radius 1 is 1.30 bits per heavy atom. The molecule has 2 rings (SSSR count). The number of benzene rings is 1. The van der Waals surface area contributed by atoms with E-state index in [4.69, 9.17) is 18.0 Å². The minimum atomic E-state index is -3.38. The highest BCUT2D eigenvalue weighted by molar-refractivity contribution is 7.88. The highest BCUT2D eigenvalue weighted by Gasteiger charge is 2.18. The molecule has 1 aliphatic heterocycles. The highest BCUT2D eigenvalue weighted by Crippen LogP contribution is 2.11. The van der Waals surface area contributed by atoms with Crippen molar-refractivity contribution in [2.45, 2.75) is 25.0 Å². The number of nitrogens with two attached hydrogens (primary N) is 1. The first kappa shape index (κ1) is 15.4. The molecule has 0 saturated carbocycles. The van der Waals surface area contributed by atoms with E-state index in [0.29, 0.717) is 11.1 Å². The van der Waals surface area contributed by atoms with E-state index in [1.807, 2.05) is 0 Å². The van der Waals surface area contributed by atoms with Crippen molar-refractivity contribution in [1.82, 2.24) is 9.84 Å². The van der Waals surface area contributed by atoms with Gasteiger partial charge in [0.1, 0.15) is 4.99 Å². The fourth-order valence-electron chi connectivity index (χ4n) is 2.25. The van der Waals surface area contributed by atoms with Crippen LogP contribution in [0.2, 0.25) is 0 Å². The molecule has 0 atom stereocenters. The quantitative estimate of drug-likeness (QED) is 0.797. The van der Waals surface area contributed by atoms with E-state index in [1.54, 1.807) is 29.3 Å². The number of piperidine rings is 1. The van der Waals surface area contributed by atoms with Crippen LogP contribution in [0, 0.1) is 0 Å². The van der Waals surface area contributed by atoms with Crippen LogP contribution in [0.15, 0.2) is 24.3 Å². The van der Waals surface area contributed by atoms with Crippen molar-refractivity contribution in [2.24, 2.45) is 5.73 Å². The predicted molar refractivity (Wildman–Crippen MR) is 83.5 cm³/mol. The van der Waals surface area contributed by atoms with Crippen LogP contribution in [0.25, 0.3) is 0 Å². The summed E-state index contributed by atoms with van der Waals surface area (Å²) in [4.78, 5) is 2.91. The number of hydrogen-bond acceptors (Lipinski definition) is 4. The highest BCUT2D eigenvalue weighted by atomic mass is 32.2. The van der Waals surface area contributed by atoms with Crippen molar-refractivity contribution in [3.05, 3.63) is 35.4 Å². The lowest BCUT2D eigenvalue weighted by Gasteiger charge is -2.26. The molecule has 1 aromatic rings. The van der Waals surface area contributed by atoms with Gasteiger partial charge in [-0.3, -0.25) is 0 Å². The molecule has 0 unspecified atom stereocenters. The van der Waals surface area contributed by atoms with Gasteiger partial charge < -0.3 is 5.73 Å². The number of nitrogens with one attached hydrogen (secondary N) is 1. The number of thiocarbonyl (C=S) groups is 1. The van der Waals surface area contributed by atoms with E-state index in [2.05, 4.69) is 4.83 Å². The second-order valence-electron chi connectivity index (χ2n) is 4.96. The van der Waals surface area contributed by atoms with E-state index in [1.165, 1.54) is 0 Å². The molecule has 1 aromatic carbocycles. The Morgan fingerprint density at radius 2 is 2.00 bits per heavy atom. The van der Waals surface area contributed by atoms with Crippen molar-refractivity contribution in [3.63, 3.8) is 0 Å². The minimum Gasteiger partial charge on any atom is -0.389 e. The zero-order valence-corrected chi connectivity index (χ0v) is 12.8.